The quantitative estimate of drug-likeness (QED) is 0.652. The molecule has 2 aromatic heterocycles. The van der Waals surface area contributed by atoms with E-state index in [1.165, 1.54) is 16.9 Å². The Balaban J connectivity index is 1.38. The number of hydrogen-bond acceptors (Lipinski definition) is 7. The Bertz CT molecular complexity index is 975. The molecule has 1 fully saturated rings. The number of piperazine rings is 1. The van der Waals surface area contributed by atoms with Crippen LogP contribution in [-0.4, -0.2) is 58.9 Å². The smallest absolute Gasteiger partial charge is 0.232 e. The number of likely N-dealkylation sites (N-methyl/N-ethyl adjacent to an activating group) is 1. The van der Waals surface area contributed by atoms with Crippen LogP contribution in [-0.2, 0) is 17.8 Å². The van der Waals surface area contributed by atoms with Gasteiger partial charge >= 0.3 is 0 Å². The number of benzene rings is 1. The molecule has 0 bridgehead atoms. The van der Waals surface area contributed by atoms with Crippen molar-refractivity contribution in [2.75, 3.05) is 38.5 Å². The van der Waals surface area contributed by atoms with E-state index >= 15 is 0 Å². The van der Waals surface area contributed by atoms with Crippen LogP contribution >= 0.6 is 22.7 Å². The van der Waals surface area contributed by atoms with E-state index in [9.17, 15) is 4.79 Å². The van der Waals surface area contributed by atoms with E-state index < -0.39 is 0 Å². The molecule has 6 nitrogen and oxygen atoms in total. The first-order valence-electron chi connectivity index (χ1n) is 9.72. The van der Waals surface area contributed by atoms with Crippen LogP contribution in [0, 0.1) is 6.92 Å². The highest BCUT2D eigenvalue weighted by atomic mass is 32.1. The van der Waals surface area contributed by atoms with E-state index in [0.29, 0.717) is 5.13 Å². The SMILES string of the molecule is Cc1csc(NC(=O)Cc2csc(-c3cccc(CN4CCN(C)CC4)c3)n2)n1. The number of hydrogen-bond donors (Lipinski definition) is 1. The molecule has 0 atom stereocenters. The van der Waals surface area contributed by atoms with Crippen molar-refractivity contribution in [2.45, 2.75) is 19.9 Å². The lowest BCUT2D eigenvalue weighted by atomic mass is 10.1. The van der Waals surface area contributed by atoms with Crippen molar-refractivity contribution < 1.29 is 4.79 Å². The third-order valence-corrected chi connectivity index (χ3v) is 6.75. The maximum atomic E-state index is 12.2. The summed E-state index contributed by atoms with van der Waals surface area (Å²) >= 11 is 3.02. The number of amides is 1. The zero-order valence-corrected chi connectivity index (χ0v) is 18.4. The third kappa shape index (κ3) is 5.48. The molecule has 1 aliphatic heterocycles. The number of carbonyl (C=O) groups excluding carboxylic acids is 1. The van der Waals surface area contributed by atoms with Crippen LogP contribution in [0.4, 0.5) is 5.13 Å². The molecule has 8 heteroatoms. The number of aromatic nitrogens is 2. The van der Waals surface area contributed by atoms with Crippen LogP contribution in [0.15, 0.2) is 35.0 Å². The van der Waals surface area contributed by atoms with E-state index in [-0.39, 0.29) is 12.3 Å². The van der Waals surface area contributed by atoms with E-state index in [1.807, 2.05) is 17.7 Å². The monoisotopic (exact) mass is 427 g/mol. The van der Waals surface area contributed by atoms with Gasteiger partial charge in [-0.1, -0.05) is 18.2 Å². The number of rotatable bonds is 6. The molecule has 0 radical (unpaired) electrons. The van der Waals surface area contributed by atoms with Crippen molar-refractivity contribution in [3.63, 3.8) is 0 Å². The average Bonchev–Trinajstić information content (AvgIpc) is 3.33. The number of thiazole rings is 2. The number of anilines is 1. The number of nitrogens with one attached hydrogen (secondary N) is 1. The summed E-state index contributed by atoms with van der Waals surface area (Å²) in [4.78, 5) is 26.1. The summed E-state index contributed by atoms with van der Waals surface area (Å²) in [5, 5.41) is 8.33. The van der Waals surface area contributed by atoms with Crippen LogP contribution in [0.2, 0.25) is 0 Å². The molecule has 0 aliphatic carbocycles. The Morgan fingerprint density at radius 2 is 1.97 bits per heavy atom. The summed E-state index contributed by atoms with van der Waals surface area (Å²) in [5.41, 5.74) is 4.13. The van der Waals surface area contributed by atoms with Gasteiger partial charge in [-0.3, -0.25) is 9.69 Å². The van der Waals surface area contributed by atoms with Gasteiger partial charge in [-0.25, -0.2) is 9.97 Å². The first-order valence-corrected chi connectivity index (χ1v) is 11.5. The molecule has 0 spiro atoms. The molecule has 1 aliphatic rings. The Kier molecular flexibility index (Phi) is 6.34. The normalized spacial score (nSPS) is 15.5. The fourth-order valence-corrected chi connectivity index (χ4v) is 4.85. The van der Waals surface area contributed by atoms with E-state index in [2.05, 4.69) is 56.4 Å². The predicted molar refractivity (Wildman–Crippen MR) is 120 cm³/mol. The van der Waals surface area contributed by atoms with Crippen molar-refractivity contribution in [3.05, 3.63) is 52.0 Å². The minimum Gasteiger partial charge on any atom is -0.304 e. The Hall–Kier alpha value is -2.13. The molecule has 1 N–H and O–H groups in total. The van der Waals surface area contributed by atoms with Crippen molar-refractivity contribution in [1.29, 1.82) is 0 Å². The van der Waals surface area contributed by atoms with Gasteiger partial charge in [0.15, 0.2) is 5.13 Å². The summed E-state index contributed by atoms with van der Waals surface area (Å²) in [7, 11) is 2.18. The summed E-state index contributed by atoms with van der Waals surface area (Å²) < 4.78 is 0. The molecule has 152 valence electrons. The fourth-order valence-electron chi connectivity index (χ4n) is 3.33. The van der Waals surface area contributed by atoms with Crippen LogP contribution in [0.25, 0.3) is 10.6 Å². The van der Waals surface area contributed by atoms with Crippen molar-refractivity contribution in [2.24, 2.45) is 0 Å². The van der Waals surface area contributed by atoms with Gasteiger partial charge in [0.2, 0.25) is 5.91 Å². The highest BCUT2D eigenvalue weighted by Crippen LogP contribution is 2.25. The summed E-state index contributed by atoms with van der Waals surface area (Å²) in [6, 6.07) is 8.59. The van der Waals surface area contributed by atoms with Crippen LogP contribution in [0.5, 0.6) is 0 Å². The van der Waals surface area contributed by atoms with Gasteiger partial charge in [0.25, 0.3) is 0 Å². The average molecular weight is 428 g/mol. The second-order valence-electron chi connectivity index (χ2n) is 7.44. The lowest BCUT2D eigenvalue weighted by Crippen LogP contribution is -2.43. The van der Waals surface area contributed by atoms with E-state index in [0.717, 1.165) is 54.7 Å². The molecule has 3 heterocycles. The zero-order chi connectivity index (χ0) is 20.2. The van der Waals surface area contributed by atoms with Gasteiger partial charge in [0.05, 0.1) is 17.8 Å². The molecule has 4 rings (SSSR count). The van der Waals surface area contributed by atoms with Crippen LogP contribution < -0.4 is 5.32 Å². The van der Waals surface area contributed by atoms with Gasteiger partial charge in [-0.05, 0) is 25.6 Å². The minimum absolute atomic E-state index is 0.0833. The lowest BCUT2D eigenvalue weighted by molar-refractivity contribution is -0.115. The van der Waals surface area contributed by atoms with E-state index in [1.54, 1.807) is 11.3 Å². The van der Waals surface area contributed by atoms with Crippen molar-refractivity contribution >= 4 is 33.7 Å². The Morgan fingerprint density at radius 1 is 1.14 bits per heavy atom. The topological polar surface area (TPSA) is 61.4 Å². The Labute approximate surface area is 179 Å². The molecule has 3 aromatic rings. The molecule has 1 amide bonds. The molecule has 0 saturated carbocycles. The number of aryl methyl sites for hydroxylation is 1. The first kappa shape index (κ1) is 20.2. The molecular weight excluding hydrogens is 402 g/mol. The predicted octanol–water partition coefficient (Wildman–Crippen LogP) is 3.50. The summed E-state index contributed by atoms with van der Waals surface area (Å²) in [6.07, 6.45) is 0.260. The second-order valence-corrected chi connectivity index (χ2v) is 9.16. The van der Waals surface area contributed by atoms with Gasteiger partial charge in [-0.2, -0.15) is 0 Å². The minimum atomic E-state index is -0.0833. The largest absolute Gasteiger partial charge is 0.304 e. The van der Waals surface area contributed by atoms with Gasteiger partial charge < -0.3 is 10.2 Å². The van der Waals surface area contributed by atoms with Crippen molar-refractivity contribution in [1.82, 2.24) is 19.8 Å². The van der Waals surface area contributed by atoms with Crippen LogP contribution in [0.3, 0.4) is 0 Å². The summed E-state index contributed by atoms with van der Waals surface area (Å²) in [5.74, 6) is -0.0833. The second kappa shape index (κ2) is 9.13. The molecule has 29 heavy (non-hydrogen) atoms. The highest BCUT2D eigenvalue weighted by Gasteiger charge is 2.15. The standard InChI is InChI=1S/C21H25N5OS2/c1-15-13-29-21(22-15)24-19(27)11-18-14-28-20(23-18)17-5-3-4-16(10-17)12-26-8-6-25(2)7-9-26/h3-5,10,13-14H,6-9,11-12H2,1-2H3,(H,22,24,27). The molecule has 1 saturated heterocycles. The highest BCUT2D eigenvalue weighted by molar-refractivity contribution is 7.14. The van der Waals surface area contributed by atoms with Gasteiger partial charge in [0, 0.05) is 49.0 Å². The molecule has 0 unspecified atom stereocenters. The van der Waals surface area contributed by atoms with Gasteiger partial charge in [0.1, 0.15) is 5.01 Å². The van der Waals surface area contributed by atoms with Gasteiger partial charge in [-0.15, -0.1) is 22.7 Å². The maximum Gasteiger partial charge on any atom is 0.232 e. The summed E-state index contributed by atoms with van der Waals surface area (Å²) in [6.45, 7) is 7.34. The first-order chi connectivity index (χ1) is 14.0. The maximum absolute atomic E-state index is 12.2. The van der Waals surface area contributed by atoms with Crippen molar-refractivity contribution in [3.8, 4) is 10.6 Å². The number of nitrogens with zero attached hydrogens (tertiary/aromatic N) is 4. The zero-order valence-electron chi connectivity index (χ0n) is 16.7. The molecular formula is C21H25N5OS2. The third-order valence-electron chi connectivity index (χ3n) is 4.93. The lowest BCUT2D eigenvalue weighted by Gasteiger charge is -2.32. The Morgan fingerprint density at radius 3 is 2.72 bits per heavy atom. The fraction of sp³-hybridized carbons (Fsp3) is 0.381. The van der Waals surface area contributed by atoms with E-state index in [4.69, 9.17) is 0 Å². The number of carbonyl (C=O) groups is 1. The molecule has 1 aromatic carbocycles. The van der Waals surface area contributed by atoms with Crippen LogP contribution in [0.1, 0.15) is 17.0 Å².